The largest absolute Gasteiger partial charge is 0.480 e. The average Bonchev–Trinajstić information content (AvgIpc) is 2.94. The molecule has 1 N–H and O–H groups in total. The Hall–Kier alpha value is -0.810. The number of hydrogen-bond acceptors (Lipinski definition) is 5. The molecule has 1 aromatic rings. The minimum absolute atomic E-state index is 0.251. The van der Waals surface area contributed by atoms with Gasteiger partial charge in [0.05, 0.1) is 13.2 Å². The highest BCUT2D eigenvalue weighted by molar-refractivity contribution is 8.00. The van der Waals surface area contributed by atoms with Gasteiger partial charge in [0.25, 0.3) is 0 Å². The molecule has 2 heterocycles. The molecule has 4 nitrogen and oxygen atoms in total. The summed E-state index contributed by atoms with van der Waals surface area (Å²) in [4.78, 5) is 8.75. The van der Waals surface area contributed by atoms with E-state index in [1.807, 2.05) is 11.8 Å². The number of hydrogen-bond donors (Lipinski definition) is 1. The first-order valence-corrected chi connectivity index (χ1v) is 7.61. The predicted octanol–water partition coefficient (Wildman–Crippen LogP) is 2.42. The smallest absolute Gasteiger partial charge is 0.237 e. The fourth-order valence-corrected chi connectivity index (χ4v) is 3.66. The maximum atomic E-state index is 5.34. The summed E-state index contributed by atoms with van der Waals surface area (Å²) < 4.78 is 5.34. The van der Waals surface area contributed by atoms with E-state index in [2.05, 4.69) is 22.2 Å². The minimum atomic E-state index is 0.251. The van der Waals surface area contributed by atoms with Gasteiger partial charge in [-0.25, -0.2) is 4.98 Å². The molecule has 0 radical (unpaired) electrons. The highest BCUT2D eigenvalue weighted by Crippen LogP contribution is 2.37. The first-order valence-electron chi connectivity index (χ1n) is 6.56. The second-order valence-electron chi connectivity index (χ2n) is 4.43. The third kappa shape index (κ3) is 3.14. The lowest BCUT2D eigenvalue weighted by Crippen LogP contribution is -2.31. The molecule has 1 aliphatic heterocycles. The van der Waals surface area contributed by atoms with E-state index >= 15 is 0 Å². The van der Waals surface area contributed by atoms with Crippen LogP contribution in [0.15, 0.2) is 12.4 Å². The van der Waals surface area contributed by atoms with Crippen molar-refractivity contribution in [2.45, 2.75) is 37.5 Å². The van der Waals surface area contributed by atoms with Gasteiger partial charge in [-0.1, -0.05) is 6.92 Å². The van der Waals surface area contributed by atoms with Gasteiger partial charge in [0.2, 0.25) is 5.88 Å². The van der Waals surface area contributed by atoms with Crippen LogP contribution < -0.4 is 10.1 Å². The SMILES string of the molecule is CCCNC(c1nccnc1OC)C1CCCS1. The molecule has 0 aromatic carbocycles. The van der Waals surface area contributed by atoms with Gasteiger partial charge < -0.3 is 10.1 Å². The average molecular weight is 267 g/mol. The fraction of sp³-hybridized carbons (Fsp3) is 0.692. The summed E-state index contributed by atoms with van der Waals surface area (Å²) in [7, 11) is 1.66. The quantitative estimate of drug-likeness (QED) is 0.857. The molecule has 2 rings (SSSR count). The Bertz CT molecular complexity index is 369. The van der Waals surface area contributed by atoms with Crippen molar-refractivity contribution in [3.8, 4) is 5.88 Å². The van der Waals surface area contributed by atoms with Crippen LogP contribution in [0.3, 0.4) is 0 Å². The van der Waals surface area contributed by atoms with Gasteiger partial charge in [0.15, 0.2) is 0 Å². The van der Waals surface area contributed by atoms with Crippen LogP contribution in [-0.4, -0.2) is 34.6 Å². The molecule has 100 valence electrons. The Balaban J connectivity index is 2.20. The van der Waals surface area contributed by atoms with Crippen molar-refractivity contribution in [1.82, 2.24) is 15.3 Å². The van der Waals surface area contributed by atoms with E-state index in [1.165, 1.54) is 18.6 Å². The second kappa shape index (κ2) is 6.95. The molecular formula is C13H21N3OS. The summed E-state index contributed by atoms with van der Waals surface area (Å²) in [5.74, 6) is 1.90. The van der Waals surface area contributed by atoms with Crippen LogP contribution in [0.25, 0.3) is 0 Å². The van der Waals surface area contributed by atoms with E-state index in [4.69, 9.17) is 4.74 Å². The summed E-state index contributed by atoms with van der Waals surface area (Å²) in [6.07, 6.45) is 7.09. The second-order valence-corrected chi connectivity index (χ2v) is 5.78. The van der Waals surface area contributed by atoms with E-state index < -0.39 is 0 Å². The molecule has 2 unspecified atom stereocenters. The number of nitrogens with zero attached hydrogens (tertiary/aromatic N) is 2. The monoisotopic (exact) mass is 267 g/mol. The van der Waals surface area contributed by atoms with Crippen LogP contribution in [-0.2, 0) is 0 Å². The van der Waals surface area contributed by atoms with Gasteiger partial charge in [0.1, 0.15) is 5.69 Å². The number of nitrogens with one attached hydrogen (secondary N) is 1. The molecule has 0 bridgehead atoms. The lowest BCUT2D eigenvalue weighted by Gasteiger charge is -2.24. The van der Waals surface area contributed by atoms with Crippen molar-refractivity contribution in [3.05, 3.63) is 18.1 Å². The zero-order chi connectivity index (χ0) is 12.8. The molecule has 18 heavy (non-hydrogen) atoms. The molecule has 1 saturated heterocycles. The number of ether oxygens (including phenoxy) is 1. The summed E-state index contributed by atoms with van der Waals surface area (Å²) >= 11 is 2.03. The Morgan fingerprint density at radius 3 is 3.00 bits per heavy atom. The van der Waals surface area contributed by atoms with E-state index in [-0.39, 0.29) is 6.04 Å². The van der Waals surface area contributed by atoms with Crippen molar-refractivity contribution in [2.24, 2.45) is 0 Å². The highest BCUT2D eigenvalue weighted by Gasteiger charge is 2.30. The first kappa shape index (κ1) is 13.6. The first-order chi connectivity index (χ1) is 8.86. The van der Waals surface area contributed by atoms with Crippen molar-refractivity contribution in [1.29, 1.82) is 0 Å². The van der Waals surface area contributed by atoms with E-state index in [1.54, 1.807) is 19.5 Å². The predicted molar refractivity (Wildman–Crippen MR) is 75.1 cm³/mol. The molecule has 1 aromatic heterocycles. The summed E-state index contributed by atoms with van der Waals surface area (Å²) in [5.41, 5.74) is 0.952. The molecule has 0 amide bonds. The molecule has 0 spiro atoms. The van der Waals surface area contributed by atoms with Crippen LogP contribution in [0.5, 0.6) is 5.88 Å². The van der Waals surface area contributed by atoms with Crippen molar-refractivity contribution >= 4 is 11.8 Å². The van der Waals surface area contributed by atoms with Crippen molar-refractivity contribution < 1.29 is 4.74 Å². The summed E-state index contributed by atoms with van der Waals surface area (Å²) in [6, 6.07) is 0.251. The van der Waals surface area contributed by atoms with E-state index in [0.717, 1.165) is 18.7 Å². The normalized spacial score (nSPS) is 20.9. The van der Waals surface area contributed by atoms with E-state index in [9.17, 15) is 0 Å². The zero-order valence-corrected chi connectivity index (χ0v) is 11.9. The minimum Gasteiger partial charge on any atom is -0.480 e. The standard InChI is InChI=1S/C13H21N3OS/c1-3-6-14-11(10-5-4-9-18-10)12-13(17-2)16-8-7-15-12/h7-8,10-11,14H,3-6,9H2,1-2H3. The lowest BCUT2D eigenvalue weighted by atomic mass is 10.1. The van der Waals surface area contributed by atoms with Crippen LogP contribution in [0.4, 0.5) is 0 Å². The molecular weight excluding hydrogens is 246 g/mol. The molecule has 0 aliphatic carbocycles. The third-order valence-electron chi connectivity index (χ3n) is 3.13. The van der Waals surface area contributed by atoms with Crippen LogP contribution in [0.2, 0.25) is 0 Å². The van der Waals surface area contributed by atoms with Gasteiger partial charge in [-0.15, -0.1) is 0 Å². The molecule has 1 aliphatic rings. The van der Waals surface area contributed by atoms with Gasteiger partial charge in [-0.2, -0.15) is 11.8 Å². The van der Waals surface area contributed by atoms with Crippen LogP contribution in [0.1, 0.15) is 37.9 Å². The summed E-state index contributed by atoms with van der Waals surface area (Å²) in [5, 5.41) is 4.18. The van der Waals surface area contributed by atoms with Gasteiger partial charge in [-0.05, 0) is 31.6 Å². The maximum absolute atomic E-state index is 5.34. The van der Waals surface area contributed by atoms with Gasteiger partial charge in [-0.3, -0.25) is 4.98 Å². The Morgan fingerprint density at radius 2 is 2.33 bits per heavy atom. The van der Waals surface area contributed by atoms with E-state index in [0.29, 0.717) is 11.1 Å². The number of aromatic nitrogens is 2. The Morgan fingerprint density at radius 1 is 1.50 bits per heavy atom. The Kier molecular flexibility index (Phi) is 5.26. The Labute approximate surface area is 113 Å². The molecule has 0 saturated carbocycles. The van der Waals surface area contributed by atoms with Crippen LogP contribution in [0, 0.1) is 0 Å². The number of thioether (sulfide) groups is 1. The lowest BCUT2D eigenvalue weighted by molar-refractivity contribution is 0.374. The zero-order valence-electron chi connectivity index (χ0n) is 11.1. The highest BCUT2D eigenvalue weighted by atomic mass is 32.2. The molecule has 2 atom stereocenters. The fourth-order valence-electron chi connectivity index (χ4n) is 2.28. The van der Waals surface area contributed by atoms with Crippen LogP contribution >= 0.6 is 11.8 Å². The number of rotatable bonds is 6. The number of methoxy groups -OCH3 is 1. The van der Waals surface area contributed by atoms with Crippen molar-refractivity contribution in [3.63, 3.8) is 0 Å². The topological polar surface area (TPSA) is 47.0 Å². The van der Waals surface area contributed by atoms with Gasteiger partial charge >= 0.3 is 0 Å². The van der Waals surface area contributed by atoms with Crippen molar-refractivity contribution in [2.75, 3.05) is 19.4 Å². The molecule has 5 heteroatoms. The summed E-state index contributed by atoms with van der Waals surface area (Å²) in [6.45, 7) is 3.18. The third-order valence-corrected chi connectivity index (χ3v) is 4.59. The maximum Gasteiger partial charge on any atom is 0.237 e. The van der Waals surface area contributed by atoms with Gasteiger partial charge in [0, 0.05) is 17.6 Å². The molecule has 1 fully saturated rings.